The number of fused-ring (bicyclic) bond motifs is 1. The van der Waals surface area contributed by atoms with Gasteiger partial charge in [0, 0.05) is 23.2 Å². The highest BCUT2D eigenvalue weighted by molar-refractivity contribution is 7.17. The fourth-order valence-corrected chi connectivity index (χ4v) is 3.51. The first-order chi connectivity index (χ1) is 14.4. The molecule has 0 saturated heterocycles. The lowest BCUT2D eigenvalue weighted by molar-refractivity contribution is -0.384. The molecule has 0 spiro atoms. The molecular weight excluding hydrogens is 412 g/mol. The number of rotatable bonds is 8. The lowest BCUT2D eigenvalue weighted by atomic mass is 10.2. The van der Waals surface area contributed by atoms with Crippen molar-refractivity contribution in [2.24, 2.45) is 0 Å². The van der Waals surface area contributed by atoms with E-state index in [1.165, 1.54) is 36.0 Å². The van der Waals surface area contributed by atoms with Crippen LogP contribution in [0, 0.1) is 10.1 Å². The molecule has 0 aliphatic heterocycles. The maximum Gasteiger partial charge on any atom is 0.339 e. The summed E-state index contributed by atoms with van der Waals surface area (Å²) in [5.74, 6) is -1.11. The molecule has 1 aromatic carbocycles. The van der Waals surface area contributed by atoms with E-state index in [0.29, 0.717) is 10.5 Å². The van der Waals surface area contributed by atoms with E-state index < -0.39 is 22.4 Å². The predicted molar refractivity (Wildman–Crippen MR) is 111 cm³/mol. The van der Waals surface area contributed by atoms with Gasteiger partial charge in [-0.15, -0.1) is 11.3 Å². The topological polar surface area (TPSA) is 133 Å². The molecule has 1 N–H and O–H groups in total. The summed E-state index contributed by atoms with van der Waals surface area (Å²) >= 11 is 1.15. The molecule has 1 amide bonds. The number of nitrogens with zero attached hydrogens (tertiary/aromatic N) is 3. The highest BCUT2D eigenvalue weighted by Gasteiger charge is 2.19. The number of esters is 1. The zero-order valence-corrected chi connectivity index (χ0v) is 16.8. The smallest absolute Gasteiger partial charge is 0.339 e. The molecule has 10 nitrogen and oxygen atoms in total. The van der Waals surface area contributed by atoms with E-state index in [4.69, 9.17) is 4.74 Å². The third-order valence-corrected chi connectivity index (χ3v) is 5.07. The maximum atomic E-state index is 12.8. The first kappa shape index (κ1) is 21.1. The first-order valence-corrected chi connectivity index (χ1v) is 9.96. The Kier molecular flexibility index (Phi) is 6.52. The third-order valence-electron chi connectivity index (χ3n) is 4.19. The summed E-state index contributed by atoms with van der Waals surface area (Å²) in [5.41, 5.74) is -0.144. The van der Waals surface area contributed by atoms with Crippen LogP contribution in [-0.2, 0) is 16.1 Å². The number of nitrogens with one attached hydrogen (secondary N) is 1. The Morgan fingerprint density at radius 3 is 2.70 bits per heavy atom. The van der Waals surface area contributed by atoms with E-state index in [2.05, 4.69) is 10.3 Å². The van der Waals surface area contributed by atoms with Gasteiger partial charge in [0.1, 0.15) is 11.4 Å². The fourth-order valence-electron chi connectivity index (χ4n) is 2.64. The highest BCUT2D eigenvalue weighted by Crippen LogP contribution is 2.22. The van der Waals surface area contributed by atoms with Crippen LogP contribution in [0.1, 0.15) is 30.1 Å². The average Bonchev–Trinajstić information content (AvgIpc) is 3.15. The number of nitro benzene ring substituents is 1. The van der Waals surface area contributed by atoms with Crippen LogP contribution in [0.3, 0.4) is 0 Å². The van der Waals surface area contributed by atoms with Gasteiger partial charge in [-0.25, -0.2) is 9.78 Å². The second-order valence-corrected chi connectivity index (χ2v) is 7.21. The summed E-state index contributed by atoms with van der Waals surface area (Å²) in [6, 6.07) is 5.31. The monoisotopic (exact) mass is 430 g/mol. The van der Waals surface area contributed by atoms with Crippen molar-refractivity contribution >= 4 is 44.8 Å². The predicted octanol–water partition coefficient (Wildman–Crippen LogP) is 2.96. The van der Waals surface area contributed by atoms with E-state index in [-0.39, 0.29) is 29.8 Å². The number of ether oxygens (including phenoxy) is 1. The summed E-state index contributed by atoms with van der Waals surface area (Å²) in [5, 5.41) is 14.9. The summed E-state index contributed by atoms with van der Waals surface area (Å²) in [6.07, 6.45) is 2.83. The van der Waals surface area contributed by atoms with Crippen molar-refractivity contribution in [3.8, 4) is 0 Å². The summed E-state index contributed by atoms with van der Waals surface area (Å²) in [7, 11) is 0. The quantitative estimate of drug-likeness (QED) is 0.251. The Bertz CT molecular complexity index is 1150. The van der Waals surface area contributed by atoms with E-state index in [1.54, 1.807) is 0 Å². The minimum atomic E-state index is -0.596. The lowest BCUT2D eigenvalue weighted by Gasteiger charge is -2.08. The van der Waals surface area contributed by atoms with Crippen LogP contribution in [0.5, 0.6) is 0 Å². The zero-order valence-electron chi connectivity index (χ0n) is 16.0. The van der Waals surface area contributed by atoms with Crippen LogP contribution in [0.2, 0.25) is 0 Å². The second-order valence-electron chi connectivity index (χ2n) is 6.35. The number of thiophene rings is 1. The molecule has 0 fully saturated rings. The van der Waals surface area contributed by atoms with Gasteiger partial charge in [0.2, 0.25) is 5.91 Å². The van der Waals surface area contributed by atoms with Gasteiger partial charge in [0.05, 0.1) is 28.8 Å². The van der Waals surface area contributed by atoms with E-state index in [9.17, 15) is 24.5 Å². The number of aromatic nitrogens is 2. The largest absolute Gasteiger partial charge is 0.462 e. The molecule has 3 aromatic rings. The average molecular weight is 430 g/mol. The van der Waals surface area contributed by atoms with E-state index >= 15 is 0 Å². The van der Waals surface area contributed by atoms with E-state index in [0.717, 1.165) is 28.7 Å². The zero-order chi connectivity index (χ0) is 21.7. The van der Waals surface area contributed by atoms with Crippen molar-refractivity contribution < 1.29 is 19.2 Å². The summed E-state index contributed by atoms with van der Waals surface area (Å²) < 4.78 is 6.28. The third kappa shape index (κ3) is 4.69. The minimum Gasteiger partial charge on any atom is -0.462 e. The van der Waals surface area contributed by atoms with Crippen LogP contribution < -0.4 is 10.9 Å². The van der Waals surface area contributed by atoms with Crippen molar-refractivity contribution in [2.45, 2.75) is 26.3 Å². The normalized spacial score (nSPS) is 10.7. The fraction of sp³-hybridized carbons (Fsp3) is 0.263. The standard InChI is InChI=1S/C19H18N4O6S/c1-2-3-8-29-19(26)14-10-30-17-16(14)18(25)22(11-20-17)9-15(24)21-12-4-6-13(7-5-12)23(27)28/h4-7,10-11H,2-3,8-9H2,1H3,(H,21,24). The molecule has 0 unspecified atom stereocenters. The summed E-state index contributed by atoms with van der Waals surface area (Å²) in [6.45, 7) is 1.90. The van der Waals surface area contributed by atoms with Crippen LogP contribution in [0.25, 0.3) is 10.2 Å². The highest BCUT2D eigenvalue weighted by atomic mass is 32.1. The number of hydrogen-bond donors (Lipinski definition) is 1. The van der Waals surface area contributed by atoms with Crippen molar-refractivity contribution in [3.63, 3.8) is 0 Å². The molecule has 156 valence electrons. The molecule has 2 heterocycles. The number of carbonyl (C=O) groups is 2. The number of amides is 1. The summed E-state index contributed by atoms with van der Waals surface area (Å²) in [4.78, 5) is 52.1. The number of unbranched alkanes of at least 4 members (excludes halogenated alkanes) is 1. The number of nitro groups is 1. The van der Waals surface area contributed by atoms with Crippen LogP contribution >= 0.6 is 11.3 Å². The molecule has 3 rings (SSSR count). The van der Waals surface area contributed by atoms with Gasteiger partial charge in [-0.05, 0) is 18.6 Å². The molecule has 0 radical (unpaired) electrons. The molecule has 0 atom stereocenters. The van der Waals surface area contributed by atoms with Gasteiger partial charge in [-0.2, -0.15) is 0 Å². The Morgan fingerprint density at radius 1 is 1.30 bits per heavy atom. The second kappa shape index (κ2) is 9.27. The molecule has 0 aliphatic rings. The van der Waals surface area contributed by atoms with Gasteiger partial charge >= 0.3 is 5.97 Å². The van der Waals surface area contributed by atoms with Crippen LogP contribution in [0.4, 0.5) is 11.4 Å². The number of anilines is 1. The Morgan fingerprint density at radius 2 is 2.03 bits per heavy atom. The van der Waals surface area contributed by atoms with Crippen LogP contribution in [-0.4, -0.2) is 33.0 Å². The van der Waals surface area contributed by atoms with Gasteiger partial charge < -0.3 is 10.1 Å². The Hall–Kier alpha value is -3.60. The lowest BCUT2D eigenvalue weighted by Crippen LogP contribution is -2.28. The minimum absolute atomic E-state index is 0.102. The van der Waals surface area contributed by atoms with Gasteiger partial charge in [0.15, 0.2) is 0 Å². The Balaban J connectivity index is 1.77. The number of hydrogen-bond acceptors (Lipinski definition) is 8. The molecule has 11 heteroatoms. The molecule has 30 heavy (non-hydrogen) atoms. The van der Waals surface area contributed by atoms with E-state index in [1.807, 2.05) is 6.92 Å². The van der Waals surface area contributed by atoms with Crippen LogP contribution in [0.15, 0.2) is 40.8 Å². The first-order valence-electron chi connectivity index (χ1n) is 9.08. The van der Waals surface area contributed by atoms with Crippen molar-refractivity contribution in [3.05, 3.63) is 62.0 Å². The number of non-ortho nitro benzene ring substituents is 1. The molecular formula is C19H18N4O6S. The number of carbonyl (C=O) groups excluding carboxylic acids is 2. The SMILES string of the molecule is CCCCOC(=O)c1csc2ncn(CC(=O)Nc3ccc([N+](=O)[O-])cc3)c(=O)c12. The van der Waals surface area contributed by atoms with Crippen molar-refractivity contribution in [2.75, 3.05) is 11.9 Å². The number of benzene rings is 1. The molecule has 0 bridgehead atoms. The van der Waals surface area contributed by atoms with Gasteiger partial charge in [0.25, 0.3) is 11.2 Å². The van der Waals surface area contributed by atoms with Gasteiger partial charge in [-0.3, -0.25) is 24.3 Å². The van der Waals surface area contributed by atoms with Crippen molar-refractivity contribution in [1.29, 1.82) is 0 Å². The molecule has 0 saturated carbocycles. The molecule has 0 aliphatic carbocycles. The maximum absolute atomic E-state index is 12.8. The van der Waals surface area contributed by atoms with Crippen molar-refractivity contribution in [1.82, 2.24) is 9.55 Å². The Labute approximate surface area is 174 Å². The van der Waals surface area contributed by atoms with Gasteiger partial charge in [-0.1, -0.05) is 13.3 Å². The molecule has 2 aromatic heterocycles.